The summed E-state index contributed by atoms with van der Waals surface area (Å²) < 4.78 is 30.0. The molecule has 0 aromatic heterocycles. The Kier molecular flexibility index (Phi) is 3.50. The number of carbonyl (C=O) groups excluding carboxylic acids is 1. The van der Waals surface area contributed by atoms with Crippen LogP contribution in [0.4, 0.5) is 14.5 Å². The molecular formula is C18H22F2N4O. The Balaban J connectivity index is 1.50. The van der Waals surface area contributed by atoms with E-state index in [-0.39, 0.29) is 41.8 Å². The van der Waals surface area contributed by atoms with Crippen LogP contribution in [0.3, 0.4) is 0 Å². The Hall–Kier alpha value is -1.73. The Bertz CT molecular complexity index is 720. The predicted octanol–water partition coefficient (Wildman–Crippen LogP) is 1.22. The summed E-state index contributed by atoms with van der Waals surface area (Å²) in [5.41, 5.74) is 0.635. The third-order valence-electron chi connectivity index (χ3n) is 6.18. The fourth-order valence-electron chi connectivity index (χ4n) is 4.87. The number of anilines is 1. The first-order valence-electron chi connectivity index (χ1n) is 9.16. The van der Waals surface area contributed by atoms with Gasteiger partial charge in [0.25, 0.3) is 5.91 Å². The molecule has 1 aromatic rings. The zero-order valence-electron chi connectivity index (χ0n) is 14.0. The summed E-state index contributed by atoms with van der Waals surface area (Å²) in [5, 5.41) is 6.56. The molecule has 3 saturated heterocycles. The Morgan fingerprint density at radius 1 is 1.08 bits per heavy atom. The first-order valence-corrected chi connectivity index (χ1v) is 9.16. The third kappa shape index (κ3) is 2.22. The van der Waals surface area contributed by atoms with Crippen molar-refractivity contribution >= 4 is 11.6 Å². The van der Waals surface area contributed by atoms with Crippen molar-refractivity contribution in [2.45, 2.75) is 43.9 Å². The van der Waals surface area contributed by atoms with Crippen LogP contribution in [-0.4, -0.2) is 55.1 Å². The smallest absolute Gasteiger partial charge is 0.255 e. The second kappa shape index (κ2) is 5.64. The average Bonchev–Trinajstić information content (AvgIpc) is 2.97. The highest BCUT2D eigenvalue weighted by molar-refractivity contribution is 5.99. The molecular weight excluding hydrogens is 326 g/mol. The number of nitrogens with one attached hydrogen (secondary N) is 2. The SMILES string of the molecule is O=C1c2cc(F)c(N3C4CNCC3C4)c(F)c2CN1C1CCCNC1. The van der Waals surface area contributed by atoms with Gasteiger partial charge in [-0.15, -0.1) is 0 Å². The van der Waals surface area contributed by atoms with Crippen molar-refractivity contribution in [2.75, 3.05) is 31.1 Å². The monoisotopic (exact) mass is 348 g/mol. The molecule has 134 valence electrons. The van der Waals surface area contributed by atoms with Crippen molar-refractivity contribution in [3.05, 3.63) is 28.8 Å². The normalized spacial score (nSPS) is 31.1. The van der Waals surface area contributed by atoms with Gasteiger partial charge in [0.1, 0.15) is 11.5 Å². The van der Waals surface area contributed by atoms with Gasteiger partial charge in [-0.3, -0.25) is 4.79 Å². The fraction of sp³-hybridized carbons (Fsp3) is 0.611. The lowest BCUT2D eigenvalue weighted by molar-refractivity contribution is 0.0674. The van der Waals surface area contributed by atoms with Crippen molar-refractivity contribution in [1.82, 2.24) is 15.5 Å². The molecule has 3 unspecified atom stereocenters. The van der Waals surface area contributed by atoms with Crippen LogP contribution >= 0.6 is 0 Å². The highest BCUT2D eigenvalue weighted by atomic mass is 19.1. The van der Waals surface area contributed by atoms with Crippen molar-refractivity contribution in [1.29, 1.82) is 0 Å². The Morgan fingerprint density at radius 2 is 1.84 bits per heavy atom. The van der Waals surface area contributed by atoms with Gasteiger partial charge in [-0.25, -0.2) is 8.78 Å². The molecule has 25 heavy (non-hydrogen) atoms. The zero-order valence-corrected chi connectivity index (χ0v) is 14.0. The molecule has 7 heteroatoms. The number of hydrogen-bond donors (Lipinski definition) is 2. The minimum absolute atomic E-state index is 0.0622. The quantitative estimate of drug-likeness (QED) is 0.844. The van der Waals surface area contributed by atoms with Gasteiger partial charge in [-0.2, -0.15) is 0 Å². The van der Waals surface area contributed by atoms with Crippen molar-refractivity contribution < 1.29 is 13.6 Å². The minimum Gasteiger partial charge on any atom is -0.358 e. The molecule has 0 aliphatic carbocycles. The lowest BCUT2D eigenvalue weighted by Gasteiger charge is -2.54. The van der Waals surface area contributed by atoms with Gasteiger partial charge in [0.05, 0.1) is 12.1 Å². The molecule has 1 aromatic carbocycles. The number of benzene rings is 1. The number of piperidine rings is 2. The number of halogens is 2. The number of piperazine rings is 1. The molecule has 0 saturated carbocycles. The lowest BCUT2D eigenvalue weighted by atomic mass is 9.87. The number of fused-ring (bicyclic) bond motifs is 3. The van der Waals surface area contributed by atoms with Gasteiger partial charge in [-0.1, -0.05) is 0 Å². The minimum atomic E-state index is -0.607. The van der Waals surface area contributed by atoms with E-state index in [0.29, 0.717) is 5.56 Å². The average molecular weight is 348 g/mol. The van der Waals surface area contributed by atoms with E-state index in [1.807, 2.05) is 4.90 Å². The number of hydrogen-bond acceptors (Lipinski definition) is 4. The summed E-state index contributed by atoms with van der Waals surface area (Å²) in [5.74, 6) is -1.38. The number of rotatable bonds is 2. The summed E-state index contributed by atoms with van der Waals surface area (Å²) in [7, 11) is 0. The Labute approximate surface area is 145 Å². The number of nitrogens with zero attached hydrogens (tertiary/aromatic N) is 2. The fourth-order valence-corrected chi connectivity index (χ4v) is 4.87. The zero-order chi connectivity index (χ0) is 17.1. The van der Waals surface area contributed by atoms with Crippen molar-refractivity contribution in [2.24, 2.45) is 0 Å². The van der Waals surface area contributed by atoms with E-state index < -0.39 is 11.6 Å². The van der Waals surface area contributed by atoms with Crippen LogP contribution in [0.5, 0.6) is 0 Å². The molecule has 0 spiro atoms. The van der Waals surface area contributed by atoms with Gasteiger partial charge in [-0.05, 0) is 31.9 Å². The highest BCUT2D eigenvalue weighted by Crippen LogP contribution is 2.41. The molecule has 4 aliphatic heterocycles. The molecule has 4 heterocycles. The van der Waals surface area contributed by atoms with Crippen molar-refractivity contribution in [3.63, 3.8) is 0 Å². The van der Waals surface area contributed by atoms with E-state index >= 15 is 4.39 Å². The lowest BCUT2D eigenvalue weighted by Crippen LogP contribution is -2.68. The van der Waals surface area contributed by atoms with Crippen LogP contribution in [-0.2, 0) is 6.54 Å². The summed E-state index contributed by atoms with van der Waals surface area (Å²) in [6.07, 6.45) is 2.88. The molecule has 5 nitrogen and oxygen atoms in total. The van der Waals surface area contributed by atoms with Gasteiger partial charge in [0, 0.05) is 43.3 Å². The van der Waals surface area contributed by atoms with E-state index in [1.165, 1.54) is 6.07 Å². The molecule has 0 radical (unpaired) electrons. The van der Waals surface area contributed by atoms with Gasteiger partial charge >= 0.3 is 0 Å². The highest BCUT2D eigenvalue weighted by Gasteiger charge is 2.45. The van der Waals surface area contributed by atoms with Crippen LogP contribution < -0.4 is 15.5 Å². The van der Waals surface area contributed by atoms with Crippen LogP contribution in [0, 0.1) is 11.6 Å². The van der Waals surface area contributed by atoms with Crippen LogP contribution in [0.2, 0.25) is 0 Å². The van der Waals surface area contributed by atoms with Gasteiger partial charge in [0.15, 0.2) is 5.82 Å². The van der Waals surface area contributed by atoms with Crippen LogP contribution in [0.1, 0.15) is 35.2 Å². The molecule has 3 fully saturated rings. The van der Waals surface area contributed by atoms with Crippen molar-refractivity contribution in [3.8, 4) is 0 Å². The molecule has 2 bridgehead atoms. The largest absolute Gasteiger partial charge is 0.358 e. The first kappa shape index (κ1) is 15.5. The van der Waals surface area contributed by atoms with Gasteiger partial charge in [0.2, 0.25) is 0 Å². The maximum Gasteiger partial charge on any atom is 0.255 e. The van der Waals surface area contributed by atoms with E-state index in [9.17, 15) is 9.18 Å². The Morgan fingerprint density at radius 3 is 2.52 bits per heavy atom. The van der Waals surface area contributed by atoms with Crippen LogP contribution in [0.25, 0.3) is 0 Å². The molecule has 4 aliphatic rings. The topological polar surface area (TPSA) is 47.6 Å². The maximum atomic E-state index is 15.2. The molecule has 2 N–H and O–H groups in total. The first-order chi connectivity index (χ1) is 12.1. The van der Waals surface area contributed by atoms with Gasteiger partial charge < -0.3 is 20.4 Å². The number of carbonyl (C=O) groups is 1. The predicted molar refractivity (Wildman–Crippen MR) is 89.7 cm³/mol. The van der Waals surface area contributed by atoms with E-state index in [0.717, 1.165) is 45.4 Å². The standard InChI is InChI=1S/C18H22F2N4O/c19-15-5-13-14(9-23(18(13)25)10-2-1-3-21-6-10)16(20)17(15)24-11-4-12(24)8-22-7-11/h5,10-12,21-22H,1-4,6-9H2. The molecule has 3 atom stereocenters. The molecule has 1 amide bonds. The summed E-state index contributed by atoms with van der Waals surface area (Å²) in [4.78, 5) is 16.3. The van der Waals surface area contributed by atoms with Crippen LogP contribution in [0.15, 0.2) is 6.07 Å². The second-order valence-corrected chi connectivity index (χ2v) is 7.59. The third-order valence-corrected chi connectivity index (χ3v) is 6.18. The maximum absolute atomic E-state index is 15.2. The number of amides is 1. The molecule has 5 rings (SSSR count). The summed E-state index contributed by atoms with van der Waals surface area (Å²) in [6.45, 7) is 3.43. The summed E-state index contributed by atoms with van der Waals surface area (Å²) >= 11 is 0. The van der Waals surface area contributed by atoms with E-state index in [4.69, 9.17) is 0 Å². The van der Waals surface area contributed by atoms with E-state index in [2.05, 4.69) is 10.6 Å². The summed E-state index contributed by atoms with van der Waals surface area (Å²) in [6, 6.07) is 1.62. The second-order valence-electron chi connectivity index (χ2n) is 7.59. The van der Waals surface area contributed by atoms with E-state index in [1.54, 1.807) is 4.90 Å².